The van der Waals surface area contributed by atoms with Crippen molar-refractivity contribution >= 4 is 20.6 Å². The zero-order valence-electron chi connectivity index (χ0n) is 10.8. The largest absolute Gasteiger partial charge is 0.398 e. The number of hydrogen-bond acceptors (Lipinski definition) is 5. The van der Waals surface area contributed by atoms with Crippen LogP contribution in [0.2, 0.25) is 0 Å². The molecule has 0 fully saturated rings. The number of para-hydroxylation sites is 1. The van der Waals surface area contributed by atoms with Gasteiger partial charge >= 0.3 is 0 Å². The average Bonchev–Trinajstić information content (AvgIpc) is 2.28. The van der Waals surface area contributed by atoms with E-state index in [9.17, 15) is 8.42 Å². The molecule has 0 saturated carbocycles. The molecule has 0 aliphatic heterocycles. The second-order valence-corrected chi connectivity index (χ2v) is 6.42. The van der Waals surface area contributed by atoms with Gasteiger partial charge in [0.2, 0.25) is 9.84 Å². The first kappa shape index (κ1) is 14.7. The Hall–Kier alpha value is -1.40. The van der Waals surface area contributed by atoms with E-state index in [1.807, 2.05) is 25.9 Å². The average molecular weight is 269 g/mol. The summed E-state index contributed by atoms with van der Waals surface area (Å²) in [4.78, 5) is 1.89. The second kappa shape index (κ2) is 5.49. The van der Waals surface area contributed by atoms with Crippen LogP contribution in [0.3, 0.4) is 0 Å². The fraction of sp³-hybridized carbons (Fsp3) is 0.417. The normalized spacial score (nSPS) is 13.6. The molecule has 0 saturated heterocycles. The minimum atomic E-state index is -3.77. The van der Waals surface area contributed by atoms with Crippen LogP contribution >= 0.6 is 0 Å². The predicted molar refractivity (Wildman–Crippen MR) is 73.5 cm³/mol. The van der Waals surface area contributed by atoms with Gasteiger partial charge in [0, 0.05) is 12.5 Å². The molecule has 0 aliphatic rings. The fourth-order valence-electron chi connectivity index (χ4n) is 1.42. The monoisotopic (exact) mass is 269 g/mol. The molecule has 0 aliphatic carbocycles. The molecule has 18 heavy (non-hydrogen) atoms. The molecule has 0 radical (unpaired) electrons. The van der Waals surface area contributed by atoms with Crippen molar-refractivity contribution in [3.63, 3.8) is 0 Å². The fourth-order valence-corrected chi connectivity index (χ4v) is 2.78. The van der Waals surface area contributed by atoms with E-state index >= 15 is 0 Å². The van der Waals surface area contributed by atoms with Crippen LogP contribution in [-0.2, 0) is 9.84 Å². The molecule has 0 unspecified atom stereocenters. The van der Waals surface area contributed by atoms with Gasteiger partial charge in [-0.15, -0.1) is 0 Å². The first-order valence-corrected chi connectivity index (χ1v) is 7.08. The van der Waals surface area contributed by atoms with Crippen molar-refractivity contribution in [2.75, 3.05) is 19.8 Å². The van der Waals surface area contributed by atoms with E-state index < -0.39 is 9.84 Å². The van der Waals surface area contributed by atoms with E-state index in [1.54, 1.807) is 12.1 Å². The Morgan fingerprint density at radius 1 is 1.39 bits per heavy atom. The third-order valence-corrected chi connectivity index (χ3v) is 4.66. The molecule has 6 heteroatoms. The molecule has 0 spiro atoms. The molecule has 1 aromatic rings. The summed E-state index contributed by atoms with van der Waals surface area (Å²) in [6.45, 7) is 1.87. The molecule has 1 rings (SSSR count). The summed E-state index contributed by atoms with van der Waals surface area (Å²) in [6, 6.07) is 6.21. The SMILES string of the molecule is C[C@H](CC(=N)S(=O)(=O)c1ccccc1N)N(C)C. The molecule has 1 atom stereocenters. The van der Waals surface area contributed by atoms with Gasteiger partial charge in [-0.1, -0.05) is 12.1 Å². The quantitative estimate of drug-likeness (QED) is 0.491. The topological polar surface area (TPSA) is 87.2 Å². The van der Waals surface area contributed by atoms with E-state index in [0.717, 1.165) is 0 Å². The van der Waals surface area contributed by atoms with E-state index in [2.05, 4.69) is 0 Å². The lowest BCUT2D eigenvalue weighted by atomic mass is 10.2. The number of nitrogens with one attached hydrogen (secondary N) is 1. The summed E-state index contributed by atoms with van der Waals surface area (Å²) < 4.78 is 24.4. The third kappa shape index (κ3) is 3.08. The van der Waals surface area contributed by atoms with Gasteiger partial charge in [0.1, 0.15) is 5.04 Å². The van der Waals surface area contributed by atoms with Gasteiger partial charge in [-0.25, -0.2) is 8.42 Å². The molecular formula is C12H19N3O2S. The minimum absolute atomic E-state index is 0.0148. The zero-order valence-corrected chi connectivity index (χ0v) is 11.7. The smallest absolute Gasteiger partial charge is 0.221 e. The van der Waals surface area contributed by atoms with Crippen LogP contribution in [0.1, 0.15) is 13.3 Å². The summed E-state index contributed by atoms with van der Waals surface area (Å²) in [7, 11) is -0.0693. The van der Waals surface area contributed by atoms with Crippen molar-refractivity contribution < 1.29 is 8.42 Å². The van der Waals surface area contributed by atoms with Crippen LogP contribution in [0.4, 0.5) is 5.69 Å². The van der Waals surface area contributed by atoms with Crippen LogP contribution in [0.5, 0.6) is 0 Å². The number of nitrogens with zero attached hydrogens (tertiary/aromatic N) is 1. The van der Waals surface area contributed by atoms with Gasteiger partial charge in [-0.2, -0.15) is 0 Å². The standard InChI is InChI=1S/C12H19N3O2S/c1-9(15(2)3)8-12(14)18(16,17)11-7-5-4-6-10(11)13/h4-7,9,14H,8,13H2,1-3H3/t9-/m1/s1. The van der Waals surface area contributed by atoms with Crippen molar-refractivity contribution in [1.29, 1.82) is 5.41 Å². The van der Waals surface area contributed by atoms with Crippen LogP contribution in [0, 0.1) is 5.41 Å². The maximum absolute atomic E-state index is 12.2. The summed E-state index contributed by atoms with van der Waals surface area (Å²) in [5, 5.41) is 7.48. The highest BCUT2D eigenvalue weighted by atomic mass is 32.2. The minimum Gasteiger partial charge on any atom is -0.398 e. The highest BCUT2D eigenvalue weighted by Gasteiger charge is 2.24. The van der Waals surface area contributed by atoms with Crippen molar-refractivity contribution in [2.45, 2.75) is 24.3 Å². The molecule has 0 heterocycles. The first-order chi connectivity index (χ1) is 8.26. The maximum Gasteiger partial charge on any atom is 0.221 e. The van der Waals surface area contributed by atoms with E-state index in [0.29, 0.717) is 0 Å². The number of nitrogen functional groups attached to an aromatic ring is 1. The van der Waals surface area contributed by atoms with E-state index in [-0.39, 0.29) is 28.1 Å². The Labute approximate surface area is 108 Å². The molecule has 0 bridgehead atoms. The Morgan fingerprint density at radius 3 is 2.44 bits per heavy atom. The van der Waals surface area contributed by atoms with Crippen LogP contribution in [0.15, 0.2) is 29.2 Å². The lowest BCUT2D eigenvalue weighted by molar-refractivity contribution is 0.322. The van der Waals surface area contributed by atoms with Gasteiger partial charge in [-0.3, -0.25) is 5.41 Å². The van der Waals surface area contributed by atoms with Gasteiger partial charge in [0.15, 0.2) is 0 Å². The Kier molecular flexibility index (Phi) is 4.48. The van der Waals surface area contributed by atoms with Crippen LogP contribution < -0.4 is 5.73 Å². The summed E-state index contributed by atoms with van der Waals surface area (Å²) in [5.74, 6) is 0. The number of hydrogen-bond donors (Lipinski definition) is 2. The number of nitrogens with two attached hydrogens (primary N) is 1. The lowest BCUT2D eigenvalue weighted by Crippen LogP contribution is -2.29. The molecule has 5 nitrogen and oxygen atoms in total. The first-order valence-electron chi connectivity index (χ1n) is 5.60. The molecule has 1 aromatic carbocycles. The highest BCUT2D eigenvalue weighted by Crippen LogP contribution is 2.21. The molecular weight excluding hydrogens is 250 g/mol. The summed E-state index contributed by atoms with van der Waals surface area (Å²) in [5.41, 5.74) is 5.83. The Morgan fingerprint density at radius 2 is 1.94 bits per heavy atom. The van der Waals surface area contributed by atoms with E-state index in [4.69, 9.17) is 11.1 Å². The number of benzene rings is 1. The summed E-state index contributed by atoms with van der Waals surface area (Å²) >= 11 is 0. The van der Waals surface area contributed by atoms with Crippen molar-refractivity contribution in [2.24, 2.45) is 0 Å². The van der Waals surface area contributed by atoms with E-state index in [1.165, 1.54) is 12.1 Å². The second-order valence-electron chi connectivity index (χ2n) is 4.48. The lowest BCUT2D eigenvalue weighted by Gasteiger charge is -2.20. The molecule has 3 N–H and O–H groups in total. The maximum atomic E-state index is 12.2. The summed E-state index contributed by atoms with van der Waals surface area (Å²) in [6.07, 6.45) is 0.170. The molecule has 0 aromatic heterocycles. The molecule has 0 amide bonds. The zero-order chi connectivity index (χ0) is 13.9. The third-order valence-electron chi connectivity index (χ3n) is 2.90. The van der Waals surface area contributed by atoms with Crippen molar-refractivity contribution in [1.82, 2.24) is 4.90 Å². The van der Waals surface area contributed by atoms with Crippen molar-refractivity contribution in [3.05, 3.63) is 24.3 Å². The number of rotatable bonds is 4. The number of anilines is 1. The Bertz CT molecular complexity index is 538. The van der Waals surface area contributed by atoms with Gasteiger partial charge < -0.3 is 10.6 Å². The van der Waals surface area contributed by atoms with Gasteiger partial charge in [0.05, 0.1) is 10.6 Å². The Balaban J connectivity index is 3.02. The predicted octanol–water partition coefficient (Wildman–Crippen LogP) is 1.36. The molecule has 100 valence electrons. The highest BCUT2D eigenvalue weighted by molar-refractivity contribution is 8.06. The van der Waals surface area contributed by atoms with Crippen LogP contribution in [0.25, 0.3) is 0 Å². The van der Waals surface area contributed by atoms with Gasteiger partial charge in [0.25, 0.3) is 0 Å². The van der Waals surface area contributed by atoms with Gasteiger partial charge in [-0.05, 0) is 33.2 Å². The van der Waals surface area contributed by atoms with Crippen LogP contribution in [-0.4, -0.2) is 38.5 Å². The number of sulfone groups is 1. The van der Waals surface area contributed by atoms with Crippen molar-refractivity contribution in [3.8, 4) is 0 Å².